The lowest BCUT2D eigenvalue weighted by Gasteiger charge is -2.19. The average molecular weight is 448 g/mol. The third-order valence-corrected chi connectivity index (χ3v) is 5.46. The summed E-state index contributed by atoms with van der Waals surface area (Å²) in [5, 5.41) is 49.9. The van der Waals surface area contributed by atoms with Crippen molar-refractivity contribution < 1.29 is 48.6 Å². The van der Waals surface area contributed by atoms with E-state index in [1.165, 1.54) is 7.11 Å². The summed E-state index contributed by atoms with van der Waals surface area (Å²) in [6.45, 7) is -0.600. The van der Waals surface area contributed by atoms with Crippen molar-refractivity contribution >= 4 is 32.7 Å². The van der Waals surface area contributed by atoms with Crippen molar-refractivity contribution in [2.24, 2.45) is 0 Å². The number of aliphatic hydroxyl groups is 3. The second-order valence-electron chi connectivity index (χ2n) is 7.26. The van der Waals surface area contributed by atoms with Gasteiger partial charge in [0, 0.05) is 10.8 Å². The van der Waals surface area contributed by atoms with E-state index in [2.05, 4.69) is 0 Å². The first-order valence-corrected chi connectivity index (χ1v) is 9.34. The van der Waals surface area contributed by atoms with E-state index >= 15 is 0 Å². The number of methoxy groups -OCH3 is 1. The fourth-order valence-electron chi connectivity index (χ4n) is 3.94. The molecule has 0 bridgehead atoms. The molecule has 0 amide bonds. The number of ether oxygens (including phenoxy) is 3. The SMILES string of the molecule is COc1c(O)cc2c(=O)oc3c(O)c(O[C@@H]4O[C@@H](CO)[C@H](O)[C@H]4O)cc4c(=O)oc1c2c34. The molecule has 2 aromatic carbocycles. The first-order valence-electron chi connectivity index (χ1n) is 9.34. The number of aromatic hydroxyl groups is 2. The number of rotatable bonds is 4. The molecular formula is C20H16O12. The van der Waals surface area contributed by atoms with E-state index < -0.39 is 65.3 Å². The Kier molecular flexibility index (Phi) is 4.43. The second-order valence-corrected chi connectivity index (χ2v) is 7.26. The molecule has 5 N–H and O–H groups in total. The normalized spacial score (nSPS) is 23.5. The van der Waals surface area contributed by atoms with Crippen LogP contribution in [-0.2, 0) is 4.74 Å². The molecule has 1 fully saturated rings. The molecule has 1 aliphatic rings. The Hall–Kier alpha value is -3.58. The fourth-order valence-corrected chi connectivity index (χ4v) is 3.94. The fraction of sp³-hybridized carbons (Fsp3) is 0.300. The highest BCUT2D eigenvalue weighted by Gasteiger charge is 2.44. The van der Waals surface area contributed by atoms with Gasteiger partial charge in [0.1, 0.15) is 18.3 Å². The Balaban J connectivity index is 1.79. The molecule has 4 aromatic rings. The predicted molar refractivity (Wildman–Crippen MR) is 105 cm³/mol. The van der Waals surface area contributed by atoms with Crippen LogP contribution in [0.25, 0.3) is 32.7 Å². The van der Waals surface area contributed by atoms with Gasteiger partial charge < -0.3 is 48.6 Å². The highest BCUT2D eigenvalue weighted by atomic mass is 16.7. The zero-order chi connectivity index (χ0) is 22.9. The lowest BCUT2D eigenvalue weighted by Crippen LogP contribution is -2.35. The largest absolute Gasteiger partial charge is 0.504 e. The molecular weight excluding hydrogens is 432 g/mol. The number of phenolic OH excluding ortho intramolecular Hbond substituents is 2. The van der Waals surface area contributed by atoms with Crippen molar-refractivity contribution in [3.05, 3.63) is 33.0 Å². The van der Waals surface area contributed by atoms with Crippen LogP contribution < -0.4 is 20.7 Å². The van der Waals surface area contributed by atoms with Crippen molar-refractivity contribution in [1.82, 2.24) is 0 Å². The zero-order valence-corrected chi connectivity index (χ0v) is 16.3. The Labute approximate surface area is 176 Å². The Morgan fingerprint density at radius 3 is 2.22 bits per heavy atom. The molecule has 4 atom stereocenters. The number of hydrogen-bond donors (Lipinski definition) is 5. The first-order chi connectivity index (χ1) is 15.3. The molecule has 0 spiro atoms. The van der Waals surface area contributed by atoms with Crippen molar-refractivity contribution in [2.75, 3.05) is 13.7 Å². The molecule has 1 saturated heterocycles. The average Bonchev–Trinajstić information content (AvgIpc) is 3.03. The molecule has 0 aliphatic carbocycles. The summed E-state index contributed by atoms with van der Waals surface area (Å²) in [6.07, 6.45) is -5.67. The molecule has 2 aromatic heterocycles. The van der Waals surface area contributed by atoms with E-state index in [1.807, 2.05) is 0 Å². The van der Waals surface area contributed by atoms with Gasteiger partial charge in [-0.1, -0.05) is 0 Å². The minimum Gasteiger partial charge on any atom is -0.504 e. The Bertz CT molecular complexity index is 1470. The van der Waals surface area contributed by atoms with E-state index in [-0.39, 0.29) is 32.9 Å². The smallest absolute Gasteiger partial charge is 0.344 e. The molecule has 12 heteroatoms. The van der Waals surface area contributed by atoms with Gasteiger partial charge in [0.15, 0.2) is 22.7 Å². The van der Waals surface area contributed by atoms with Gasteiger partial charge in [0.25, 0.3) is 0 Å². The summed E-state index contributed by atoms with van der Waals surface area (Å²) in [5.74, 6) is -1.73. The van der Waals surface area contributed by atoms with Gasteiger partial charge in [0.2, 0.25) is 17.8 Å². The number of phenols is 2. The minimum absolute atomic E-state index is 0.0233. The van der Waals surface area contributed by atoms with E-state index in [0.717, 1.165) is 12.1 Å². The zero-order valence-electron chi connectivity index (χ0n) is 16.3. The van der Waals surface area contributed by atoms with E-state index in [0.29, 0.717) is 0 Å². The van der Waals surface area contributed by atoms with Crippen molar-refractivity contribution in [1.29, 1.82) is 0 Å². The quantitative estimate of drug-likeness (QED) is 0.203. The van der Waals surface area contributed by atoms with E-state index in [1.54, 1.807) is 0 Å². The van der Waals surface area contributed by atoms with Crippen LogP contribution in [0.1, 0.15) is 0 Å². The number of benzene rings is 2. The maximum atomic E-state index is 12.7. The summed E-state index contributed by atoms with van der Waals surface area (Å²) >= 11 is 0. The molecule has 1 aliphatic heterocycles. The summed E-state index contributed by atoms with van der Waals surface area (Å²) in [6, 6.07) is 2.18. The van der Waals surface area contributed by atoms with E-state index in [4.69, 9.17) is 23.0 Å². The third kappa shape index (κ3) is 2.64. The second kappa shape index (κ2) is 6.97. The Morgan fingerprint density at radius 1 is 0.969 bits per heavy atom. The Morgan fingerprint density at radius 2 is 1.59 bits per heavy atom. The molecule has 168 valence electrons. The van der Waals surface area contributed by atoms with Gasteiger partial charge in [-0.15, -0.1) is 0 Å². The van der Waals surface area contributed by atoms with Crippen LogP contribution >= 0.6 is 0 Å². The first kappa shape index (κ1) is 20.3. The number of hydrogen-bond acceptors (Lipinski definition) is 12. The lowest BCUT2D eigenvalue weighted by molar-refractivity contribution is -0.117. The molecule has 32 heavy (non-hydrogen) atoms. The van der Waals surface area contributed by atoms with Crippen LogP contribution in [0.5, 0.6) is 23.0 Å². The van der Waals surface area contributed by atoms with Crippen LogP contribution in [0.4, 0.5) is 0 Å². The standard InChI is InChI=1S/C20H16O12/c1-28-15-7(22)2-5-11-10-6(19(27)32-17(11)15)3-8(13(24)16(10)31-18(5)26)29-20-14(25)12(23)9(4-21)30-20/h2-3,9,12,14,20-25H,4H2,1H3/t9-,12-,14+,20+/m0/s1. The van der Waals surface area contributed by atoms with Gasteiger partial charge in [-0.05, 0) is 12.1 Å². The molecule has 0 saturated carbocycles. The van der Waals surface area contributed by atoms with Gasteiger partial charge in [-0.2, -0.15) is 0 Å². The topological polar surface area (TPSA) is 189 Å². The van der Waals surface area contributed by atoms with Crippen molar-refractivity contribution in [3.63, 3.8) is 0 Å². The predicted octanol–water partition coefficient (Wildman–Crippen LogP) is -0.272. The van der Waals surface area contributed by atoms with Gasteiger partial charge in [-0.3, -0.25) is 0 Å². The van der Waals surface area contributed by atoms with Crippen LogP contribution in [0.15, 0.2) is 30.6 Å². The lowest BCUT2D eigenvalue weighted by atomic mass is 10.0. The molecule has 0 radical (unpaired) electrons. The van der Waals surface area contributed by atoms with Crippen molar-refractivity contribution in [2.45, 2.75) is 24.6 Å². The molecule has 12 nitrogen and oxygen atoms in total. The minimum atomic E-state index is -1.58. The van der Waals surface area contributed by atoms with Crippen molar-refractivity contribution in [3.8, 4) is 23.0 Å². The van der Waals surface area contributed by atoms with Crippen LogP contribution in [0, 0.1) is 0 Å². The van der Waals surface area contributed by atoms with Gasteiger partial charge in [-0.25, -0.2) is 9.59 Å². The summed E-state index contributed by atoms with van der Waals surface area (Å²) < 4.78 is 26.2. The van der Waals surface area contributed by atoms with Crippen LogP contribution in [0.3, 0.4) is 0 Å². The highest BCUT2D eigenvalue weighted by molar-refractivity contribution is 6.22. The monoisotopic (exact) mass is 448 g/mol. The van der Waals surface area contributed by atoms with Crippen LogP contribution in [-0.4, -0.2) is 63.9 Å². The molecule has 5 rings (SSSR count). The molecule has 0 unspecified atom stereocenters. The maximum Gasteiger partial charge on any atom is 0.344 e. The third-order valence-electron chi connectivity index (χ3n) is 5.46. The highest BCUT2D eigenvalue weighted by Crippen LogP contribution is 2.45. The molecule has 3 heterocycles. The summed E-state index contributed by atoms with van der Waals surface area (Å²) in [7, 11) is 1.23. The number of aliphatic hydroxyl groups excluding tert-OH is 3. The maximum absolute atomic E-state index is 12.7. The van der Waals surface area contributed by atoms with E-state index in [9.17, 15) is 35.1 Å². The van der Waals surface area contributed by atoms with Gasteiger partial charge in [0.05, 0.1) is 24.5 Å². The van der Waals surface area contributed by atoms with Gasteiger partial charge >= 0.3 is 11.3 Å². The van der Waals surface area contributed by atoms with Crippen LogP contribution in [0.2, 0.25) is 0 Å². The summed E-state index contributed by atoms with van der Waals surface area (Å²) in [5.41, 5.74) is -2.50. The summed E-state index contributed by atoms with van der Waals surface area (Å²) in [4.78, 5) is 25.3.